The highest BCUT2D eigenvalue weighted by Gasteiger charge is 2.14. The first kappa shape index (κ1) is 7.95. The highest BCUT2D eigenvalue weighted by molar-refractivity contribution is 4.66. The van der Waals surface area contributed by atoms with Crippen LogP contribution < -0.4 is 0 Å². The Balaban J connectivity index is 2.26. The monoisotopic (exact) mass is 147 g/mol. The van der Waals surface area contributed by atoms with E-state index >= 15 is 0 Å². The van der Waals surface area contributed by atoms with Gasteiger partial charge < -0.3 is 4.90 Å². The third-order valence-electron chi connectivity index (χ3n) is 2.02. The second-order valence-electron chi connectivity index (χ2n) is 2.95. The highest BCUT2D eigenvalue weighted by Crippen LogP contribution is 2.12. The summed E-state index contributed by atoms with van der Waals surface area (Å²) in [7, 11) is 2.06. The largest absolute Gasteiger partial charge is 0.306 e. The fourth-order valence-corrected chi connectivity index (χ4v) is 1.30. The molecule has 1 heterocycles. The van der Waals surface area contributed by atoms with Crippen LogP contribution in [-0.4, -0.2) is 31.1 Å². The number of hydrogen-bond donors (Lipinski definition) is 0. The molecule has 0 aromatic carbocycles. The molecule has 1 unspecified atom stereocenters. The molecule has 1 aliphatic heterocycles. The molecule has 60 valence electrons. The van der Waals surface area contributed by atoms with Gasteiger partial charge in [0.15, 0.2) is 0 Å². The highest BCUT2D eigenvalue weighted by atomic mass is 19.3. The van der Waals surface area contributed by atoms with Crippen LogP contribution in [0.5, 0.6) is 0 Å². The van der Waals surface area contributed by atoms with Crippen molar-refractivity contribution in [2.45, 2.75) is 25.4 Å². The Morgan fingerprint density at radius 2 is 2.20 bits per heavy atom. The minimum absolute atomic E-state index is 0.148. The molecular weight excluding hydrogens is 133 g/mol. The van der Waals surface area contributed by atoms with Crippen LogP contribution in [0.3, 0.4) is 0 Å². The van der Waals surface area contributed by atoms with E-state index in [2.05, 4.69) is 16.9 Å². The smallest absolute Gasteiger partial charge is 0.0996 e. The molecule has 0 amide bonds. The molecule has 0 aliphatic carbocycles. The van der Waals surface area contributed by atoms with Gasteiger partial charge in [0.05, 0.1) is 6.10 Å². The predicted molar refractivity (Wildman–Crippen MR) is 37.3 cm³/mol. The van der Waals surface area contributed by atoms with Crippen LogP contribution in [0, 0.1) is 0 Å². The maximum Gasteiger partial charge on any atom is 0.0996 e. The number of likely N-dealkylation sites (tertiary alicyclic amines) is 1. The van der Waals surface area contributed by atoms with Crippen molar-refractivity contribution < 1.29 is 9.47 Å². The summed E-state index contributed by atoms with van der Waals surface area (Å²) in [4.78, 5) is 6.00. The Morgan fingerprint density at radius 3 is 2.90 bits per heavy atom. The van der Waals surface area contributed by atoms with E-state index in [1.165, 1.54) is 0 Å². The van der Waals surface area contributed by atoms with Crippen molar-refractivity contribution in [1.82, 2.24) is 4.90 Å². The molecule has 1 rings (SSSR count). The molecule has 0 bridgehead atoms. The van der Waals surface area contributed by atoms with Gasteiger partial charge in [-0.3, -0.25) is 0 Å². The van der Waals surface area contributed by atoms with Crippen LogP contribution in [0.4, 0.5) is 4.53 Å². The van der Waals surface area contributed by atoms with Crippen LogP contribution in [-0.2, 0) is 4.94 Å². The van der Waals surface area contributed by atoms with Crippen LogP contribution in [0.25, 0.3) is 0 Å². The Morgan fingerprint density at radius 1 is 1.40 bits per heavy atom. The maximum absolute atomic E-state index is 11.7. The van der Waals surface area contributed by atoms with E-state index in [0.717, 1.165) is 32.4 Å². The normalized spacial score (nSPS) is 30.0. The van der Waals surface area contributed by atoms with Crippen LogP contribution >= 0.6 is 0 Å². The molecule has 1 aliphatic rings. The molecule has 0 aromatic heterocycles. The van der Waals surface area contributed by atoms with Gasteiger partial charge in [-0.2, -0.15) is 4.94 Å². The second kappa shape index (κ2) is 3.88. The van der Waals surface area contributed by atoms with Crippen LogP contribution in [0.1, 0.15) is 19.3 Å². The lowest BCUT2D eigenvalue weighted by Crippen LogP contribution is -2.19. The summed E-state index contributed by atoms with van der Waals surface area (Å²) in [6.45, 7) is 2.02. The average molecular weight is 147 g/mol. The first-order valence-electron chi connectivity index (χ1n) is 3.79. The fraction of sp³-hybridized carbons (Fsp3) is 1.00. The minimum Gasteiger partial charge on any atom is -0.306 e. The zero-order valence-electron chi connectivity index (χ0n) is 6.35. The first-order chi connectivity index (χ1) is 4.83. The Hall–Kier alpha value is -0.150. The molecule has 0 radical (unpaired) electrons. The van der Waals surface area contributed by atoms with Crippen molar-refractivity contribution in [2.75, 3.05) is 20.1 Å². The predicted octanol–water partition coefficient (Wildman–Crippen LogP) is 1.37. The van der Waals surface area contributed by atoms with Gasteiger partial charge in [-0.25, -0.2) is 0 Å². The van der Waals surface area contributed by atoms with E-state index in [1.54, 1.807) is 0 Å². The lowest BCUT2D eigenvalue weighted by Gasteiger charge is -2.11. The van der Waals surface area contributed by atoms with Crippen molar-refractivity contribution in [3.63, 3.8) is 0 Å². The molecule has 2 nitrogen and oxygen atoms in total. The van der Waals surface area contributed by atoms with E-state index in [9.17, 15) is 4.53 Å². The molecule has 0 spiro atoms. The molecular formula is C7H14FNO. The van der Waals surface area contributed by atoms with E-state index < -0.39 is 0 Å². The van der Waals surface area contributed by atoms with E-state index in [-0.39, 0.29) is 6.10 Å². The SMILES string of the molecule is CN1CCCC(OF)CC1. The first-order valence-corrected chi connectivity index (χ1v) is 3.79. The third-order valence-corrected chi connectivity index (χ3v) is 2.02. The van der Waals surface area contributed by atoms with Crippen LogP contribution in [0.15, 0.2) is 0 Å². The van der Waals surface area contributed by atoms with Gasteiger partial charge in [-0.05, 0) is 37.4 Å². The van der Waals surface area contributed by atoms with Gasteiger partial charge in [0.2, 0.25) is 0 Å². The summed E-state index contributed by atoms with van der Waals surface area (Å²) >= 11 is 0. The molecule has 1 saturated heterocycles. The lowest BCUT2D eigenvalue weighted by atomic mass is 10.2. The summed E-state index contributed by atoms with van der Waals surface area (Å²) in [6.07, 6.45) is 2.59. The summed E-state index contributed by atoms with van der Waals surface area (Å²) in [5.74, 6) is 0. The average Bonchev–Trinajstić information content (AvgIpc) is 2.14. The van der Waals surface area contributed by atoms with E-state index in [4.69, 9.17) is 0 Å². The van der Waals surface area contributed by atoms with Crippen molar-refractivity contribution in [3.05, 3.63) is 0 Å². The molecule has 1 atom stereocenters. The molecule has 1 fully saturated rings. The van der Waals surface area contributed by atoms with Gasteiger partial charge in [0.1, 0.15) is 0 Å². The van der Waals surface area contributed by atoms with E-state index in [0.29, 0.717) is 0 Å². The van der Waals surface area contributed by atoms with Crippen LogP contribution in [0.2, 0.25) is 0 Å². The van der Waals surface area contributed by atoms with E-state index in [1.807, 2.05) is 0 Å². The fourth-order valence-electron chi connectivity index (χ4n) is 1.30. The lowest BCUT2D eigenvalue weighted by molar-refractivity contribution is -0.181. The standard InChI is InChI=1S/C7H14FNO/c1-9-5-2-3-7(10-8)4-6-9/h7H,2-6H2,1H3. The number of nitrogens with zero attached hydrogens (tertiary/aromatic N) is 1. The summed E-state index contributed by atoms with van der Waals surface area (Å²) in [5, 5.41) is 0. The Bertz CT molecular complexity index is 99.6. The summed E-state index contributed by atoms with van der Waals surface area (Å²) < 4.78 is 11.7. The Labute approximate surface area is 60.9 Å². The number of hydrogen-bond acceptors (Lipinski definition) is 2. The van der Waals surface area contributed by atoms with Crippen molar-refractivity contribution in [2.24, 2.45) is 0 Å². The van der Waals surface area contributed by atoms with Crippen molar-refractivity contribution in [1.29, 1.82) is 0 Å². The molecule has 3 heteroatoms. The topological polar surface area (TPSA) is 12.5 Å². The van der Waals surface area contributed by atoms with Gasteiger partial charge in [0, 0.05) is 6.54 Å². The van der Waals surface area contributed by atoms with Gasteiger partial charge in [-0.15, -0.1) is 0 Å². The van der Waals surface area contributed by atoms with Gasteiger partial charge in [-0.1, -0.05) is 0 Å². The minimum atomic E-state index is -0.148. The number of halogens is 1. The molecule has 10 heavy (non-hydrogen) atoms. The molecule has 0 N–H and O–H groups in total. The summed E-state index contributed by atoms with van der Waals surface area (Å²) in [6, 6.07) is 0. The second-order valence-corrected chi connectivity index (χ2v) is 2.95. The Kier molecular flexibility index (Phi) is 3.09. The third kappa shape index (κ3) is 2.23. The maximum atomic E-state index is 11.7. The zero-order chi connectivity index (χ0) is 7.40. The van der Waals surface area contributed by atoms with Gasteiger partial charge >= 0.3 is 0 Å². The van der Waals surface area contributed by atoms with Crippen molar-refractivity contribution >= 4 is 0 Å². The number of rotatable bonds is 1. The van der Waals surface area contributed by atoms with Crippen molar-refractivity contribution in [3.8, 4) is 0 Å². The summed E-state index contributed by atoms with van der Waals surface area (Å²) in [5.41, 5.74) is 0. The zero-order valence-corrected chi connectivity index (χ0v) is 6.35. The van der Waals surface area contributed by atoms with Gasteiger partial charge in [0.25, 0.3) is 0 Å². The molecule has 0 aromatic rings. The quantitative estimate of drug-likeness (QED) is 0.555. The molecule has 0 saturated carbocycles.